The summed E-state index contributed by atoms with van der Waals surface area (Å²) in [5.41, 5.74) is 0.787. The molecule has 1 aromatic carbocycles. The molecule has 7 heteroatoms. The molecule has 1 aromatic heterocycles. The third-order valence-corrected chi connectivity index (χ3v) is 4.05. The van der Waals surface area contributed by atoms with E-state index in [9.17, 15) is 13.6 Å². The number of halogens is 3. The Balaban J connectivity index is 1.71. The Morgan fingerprint density at radius 2 is 2.05 bits per heavy atom. The first-order valence-electron chi connectivity index (χ1n) is 6.88. The van der Waals surface area contributed by atoms with E-state index >= 15 is 0 Å². The summed E-state index contributed by atoms with van der Waals surface area (Å²) < 4.78 is 25.7. The third kappa shape index (κ3) is 2.97. The van der Waals surface area contributed by atoms with Gasteiger partial charge in [0.2, 0.25) is 5.91 Å². The summed E-state index contributed by atoms with van der Waals surface area (Å²) in [6, 6.07) is 7.19. The van der Waals surface area contributed by atoms with E-state index in [0.29, 0.717) is 10.7 Å². The highest BCUT2D eigenvalue weighted by molar-refractivity contribution is 6.30. The van der Waals surface area contributed by atoms with E-state index in [0.717, 1.165) is 23.1 Å². The largest absolute Gasteiger partial charge is 0.323 e. The molecule has 0 spiro atoms. The van der Waals surface area contributed by atoms with E-state index in [2.05, 4.69) is 10.4 Å². The molecule has 22 heavy (non-hydrogen) atoms. The first-order valence-corrected chi connectivity index (χ1v) is 7.25. The zero-order chi connectivity index (χ0) is 15.7. The van der Waals surface area contributed by atoms with Crippen LogP contribution in [0.5, 0.6) is 0 Å². The molecule has 0 bridgehead atoms. The van der Waals surface area contributed by atoms with Gasteiger partial charge in [0.25, 0.3) is 6.43 Å². The summed E-state index contributed by atoms with van der Waals surface area (Å²) in [6.07, 6.45) is 1.81. The summed E-state index contributed by atoms with van der Waals surface area (Å²) in [5, 5.41) is 7.17. The van der Waals surface area contributed by atoms with Crippen molar-refractivity contribution in [3.63, 3.8) is 0 Å². The topological polar surface area (TPSA) is 46.9 Å². The molecule has 1 N–H and O–H groups in total. The number of aromatic nitrogens is 2. The maximum atomic E-state index is 12.5. The fourth-order valence-corrected chi connectivity index (χ4v) is 2.59. The average Bonchev–Trinajstić information content (AvgIpc) is 3.17. The normalized spacial score (nSPS) is 15.8. The van der Waals surface area contributed by atoms with Crippen LogP contribution in [0, 0.1) is 0 Å². The van der Waals surface area contributed by atoms with Gasteiger partial charge in [-0.1, -0.05) is 23.7 Å². The predicted octanol–water partition coefficient (Wildman–Crippen LogP) is 3.47. The summed E-state index contributed by atoms with van der Waals surface area (Å²) >= 11 is 5.86. The quantitative estimate of drug-likeness (QED) is 0.915. The highest BCUT2D eigenvalue weighted by atomic mass is 35.5. The second kappa shape index (κ2) is 5.68. The van der Waals surface area contributed by atoms with Gasteiger partial charge in [0.1, 0.15) is 6.54 Å². The third-order valence-electron chi connectivity index (χ3n) is 3.80. The van der Waals surface area contributed by atoms with Gasteiger partial charge in [0, 0.05) is 11.2 Å². The molecule has 2 aromatic rings. The number of carbonyl (C=O) groups is 1. The molecule has 116 valence electrons. The SMILES string of the molecule is O=C(Nc1cnn(CC(F)F)c1)C1(c2ccc(Cl)cc2)CC1. The Morgan fingerprint density at radius 1 is 1.36 bits per heavy atom. The minimum Gasteiger partial charge on any atom is -0.323 e. The lowest BCUT2D eigenvalue weighted by Crippen LogP contribution is -2.27. The summed E-state index contributed by atoms with van der Waals surface area (Å²) in [7, 11) is 0. The van der Waals surface area contributed by atoms with E-state index in [1.54, 1.807) is 12.1 Å². The highest BCUT2D eigenvalue weighted by Gasteiger charge is 2.51. The molecule has 4 nitrogen and oxygen atoms in total. The lowest BCUT2D eigenvalue weighted by Gasteiger charge is -2.15. The van der Waals surface area contributed by atoms with E-state index in [1.807, 2.05) is 12.1 Å². The summed E-state index contributed by atoms with van der Waals surface area (Å²) in [5.74, 6) is -0.147. The first-order chi connectivity index (χ1) is 10.5. The Kier molecular flexibility index (Phi) is 3.87. The van der Waals surface area contributed by atoms with Crippen LogP contribution in [0.3, 0.4) is 0 Å². The van der Waals surface area contributed by atoms with Gasteiger partial charge in [-0.05, 0) is 30.5 Å². The number of benzene rings is 1. The number of nitrogens with zero attached hydrogens (tertiary/aromatic N) is 2. The molecule has 0 aliphatic heterocycles. The Bertz CT molecular complexity index is 680. The molecule has 0 saturated heterocycles. The van der Waals surface area contributed by atoms with E-state index in [4.69, 9.17) is 11.6 Å². The Hall–Kier alpha value is -1.95. The van der Waals surface area contributed by atoms with Crippen LogP contribution >= 0.6 is 11.6 Å². The summed E-state index contributed by atoms with van der Waals surface area (Å²) in [4.78, 5) is 12.5. The van der Waals surface area contributed by atoms with Gasteiger partial charge in [-0.25, -0.2) is 8.78 Å². The molecule has 3 rings (SSSR count). The standard InChI is InChI=1S/C15H14ClF2N3O/c16-11-3-1-10(2-4-11)15(5-6-15)14(22)20-12-7-19-21(8-12)9-13(17)18/h1-4,7-8,13H,5-6,9H2,(H,20,22). The highest BCUT2D eigenvalue weighted by Crippen LogP contribution is 2.49. The van der Waals surface area contributed by atoms with Crippen LogP contribution in [0.25, 0.3) is 0 Å². The fraction of sp³-hybridized carbons (Fsp3) is 0.333. The lowest BCUT2D eigenvalue weighted by atomic mass is 9.95. The Labute approximate surface area is 131 Å². The van der Waals surface area contributed by atoms with Crippen LogP contribution < -0.4 is 5.32 Å². The van der Waals surface area contributed by atoms with Crippen molar-refractivity contribution in [1.82, 2.24) is 9.78 Å². The van der Waals surface area contributed by atoms with E-state index in [1.165, 1.54) is 12.4 Å². The van der Waals surface area contributed by atoms with Crippen LogP contribution in [0.15, 0.2) is 36.7 Å². The smallest absolute Gasteiger partial charge is 0.257 e. The molecule has 1 fully saturated rings. The molecule has 1 aliphatic carbocycles. The molecule has 1 aliphatic rings. The van der Waals surface area contributed by atoms with Gasteiger partial charge in [0.05, 0.1) is 17.3 Å². The molecule has 0 unspecified atom stereocenters. The summed E-state index contributed by atoms with van der Waals surface area (Å²) in [6.45, 7) is -0.488. The molecule has 1 saturated carbocycles. The maximum absolute atomic E-state index is 12.5. The van der Waals surface area contributed by atoms with Crippen LogP contribution in [0.4, 0.5) is 14.5 Å². The minimum atomic E-state index is -2.48. The van der Waals surface area contributed by atoms with Crippen molar-refractivity contribution in [2.75, 3.05) is 5.32 Å². The average molecular weight is 326 g/mol. The van der Waals surface area contributed by atoms with Gasteiger partial charge in [0.15, 0.2) is 0 Å². The predicted molar refractivity (Wildman–Crippen MR) is 79.2 cm³/mol. The number of hydrogen-bond acceptors (Lipinski definition) is 2. The monoisotopic (exact) mass is 325 g/mol. The van der Waals surface area contributed by atoms with Crippen molar-refractivity contribution in [2.45, 2.75) is 31.2 Å². The number of hydrogen-bond donors (Lipinski definition) is 1. The second-order valence-corrected chi connectivity index (χ2v) is 5.82. The van der Waals surface area contributed by atoms with Crippen molar-refractivity contribution in [3.8, 4) is 0 Å². The van der Waals surface area contributed by atoms with Crippen molar-refractivity contribution in [1.29, 1.82) is 0 Å². The zero-order valence-corrected chi connectivity index (χ0v) is 12.4. The van der Waals surface area contributed by atoms with Crippen molar-refractivity contribution >= 4 is 23.2 Å². The van der Waals surface area contributed by atoms with Crippen LogP contribution in [-0.4, -0.2) is 22.1 Å². The van der Waals surface area contributed by atoms with Gasteiger partial charge < -0.3 is 5.32 Å². The molecule has 1 heterocycles. The molecular weight excluding hydrogens is 312 g/mol. The first kappa shape index (κ1) is 15.0. The molecular formula is C15H14ClF2N3O. The number of rotatable bonds is 5. The molecule has 0 radical (unpaired) electrons. The number of alkyl halides is 2. The lowest BCUT2D eigenvalue weighted by molar-refractivity contribution is -0.118. The van der Waals surface area contributed by atoms with Crippen LogP contribution in [0.1, 0.15) is 18.4 Å². The van der Waals surface area contributed by atoms with E-state index < -0.39 is 18.4 Å². The van der Waals surface area contributed by atoms with E-state index in [-0.39, 0.29) is 5.91 Å². The van der Waals surface area contributed by atoms with Crippen LogP contribution in [0.2, 0.25) is 5.02 Å². The van der Waals surface area contributed by atoms with Crippen molar-refractivity contribution < 1.29 is 13.6 Å². The van der Waals surface area contributed by atoms with Gasteiger partial charge in [-0.2, -0.15) is 5.10 Å². The van der Waals surface area contributed by atoms with Gasteiger partial charge in [-0.3, -0.25) is 9.48 Å². The van der Waals surface area contributed by atoms with Crippen molar-refractivity contribution in [2.24, 2.45) is 0 Å². The fourth-order valence-electron chi connectivity index (χ4n) is 2.46. The molecule has 1 amide bonds. The number of anilines is 1. The second-order valence-electron chi connectivity index (χ2n) is 5.39. The Morgan fingerprint density at radius 3 is 2.64 bits per heavy atom. The van der Waals surface area contributed by atoms with Gasteiger partial charge in [-0.15, -0.1) is 0 Å². The zero-order valence-electron chi connectivity index (χ0n) is 11.6. The van der Waals surface area contributed by atoms with Crippen LogP contribution in [-0.2, 0) is 16.8 Å². The van der Waals surface area contributed by atoms with Gasteiger partial charge >= 0.3 is 0 Å². The molecule has 0 atom stereocenters. The van der Waals surface area contributed by atoms with Crippen molar-refractivity contribution in [3.05, 3.63) is 47.2 Å². The number of carbonyl (C=O) groups excluding carboxylic acids is 1. The number of nitrogens with one attached hydrogen (secondary N) is 1. The number of amides is 1. The minimum absolute atomic E-state index is 0.147. The maximum Gasteiger partial charge on any atom is 0.257 e.